The van der Waals surface area contributed by atoms with Gasteiger partial charge >= 0.3 is 0 Å². The summed E-state index contributed by atoms with van der Waals surface area (Å²) < 4.78 is 18.3. The fourth-order valence-electron chi connectivity index (χ4n) is 3.36. The van der Waals surface area contributed by atoms with Gasteiger partial charge in [0.25, 0.3) is 0 Å². The second-order valence-electron chi connectivity index (χ2n) is 7.03. The third-order valence-electron chi connectivity index (χ3n) is 5.01. The number of nitrogens with zero attached hydrogens (tertiary/aromatic N) is 3. The van der Waals surface area contributed by atoms with Crippen LogP contribution in [0.1, 0.15) is 23.6 Å². The molecule has 1 heterocycles. The van der Waals surface area contributed by atoms with E-state index in [0.717, 1.165) is 17.7 Å². The molecule has 3 rings (SSSR count). The van der Waals surface area contributed by atoms with E-state index >= 15 is 0 Å². The molecular formula is C24H31N5O3. The quantitative estimate of drug-likeness (QED) is 0.374. The summed E-state index contributed by atoms with van der Waals surface area (Å²) in [7, 11) is 4.88. The lowest BCUT2D eigenvalue weighted by atomic mass is 10.1. The summed E-state index contributed by atoms with van der Waals surface area (Å²) in [6.07, 6.45) is 3.75. The van der Waals surface area contributed by atoms with Gasteiger partial charge in [0.15, 0.2) is 5.96 Å². The average molecular weight is 438 g/mol. The van der Waals surface area contributed by atoms with Crippen molar-refractivity contribution in [2.45, 2.75) is 26.6 Å². The highest BCUT2D eigenvalue weighted by Gasteiger charge is 2.14. The van der Waals surface area contributed by atoms with Crippen LogP contribution in [-0.4, -0.2) is 43.6 Å². The van der Waals surface area contributed by atoms with Gasteiger partial charge in [0.05, 0.1) is 46.5 Å². The number of ether oxygens (including phenoxy) is 3. The van der Waals surface area contributed by atoms with Crippen molar-refractivity contribution < 1.29 is 14.2 Å². The van der Waals surface area contributed by atoms with Crippen LogP contribution in [-0.2, 0) is 19.6 Å². The Labute approximate surface area is 189 Å². The average Bonchev–Trinajstić information content (AvgIpc) is 3.34. The Morgan fingerprint density at radius 1 is 0.969 bits per heavy atom. The van der Waals surface area contributed by atoms with Gasteiger partial charge in [0.2, 0.25) is 0 Å². The maximum absolute atomic E-state index is 5.55. The van der Waals surface area contributed by atoms with E-state index in [9.17, 15) is 0 Å². The molecule has 32 heavy (non-hydrogen) atoms. The molecule has 0 atom stereocenters. The molecule has 0 aliphatic heterocycles. The molecule has 0 aliphatic carbocycles. The number of hydrogen-bond acceptors (Lipinski definition) is 5. The van der Waals surface area contributed by atoms with Crippen molar-refractivity contribution in [3.63, 3.8) is 0 Å². The molecule has 2 N–H and O–H groups in total. The molecule has 0 aliphatic rings. The summed E-state index contributed by atoms with van der Waals surface area (Å²) in [5, 5.41) is 11.0. The highest BCUT2D eigenvalue weighted by atomic mass is 16.5. The van der Waals surface area contributed by atoms with Gasteiger partial charge in [-0.2, -0.15) is 5.10 Å². The molecule has 3 aromatic rings. The highest BCUT2D eigenvalue weighted by Crippen LogP contribution is 2.33. The minimum atomic E-state index is 0.483. The van der Waals surface area contributed by atoms with Crippen LogP contribution in [0.15, 0.2) is 59.9 Å². The molecule has 0 saturated heterocycles. The minimum absolute atomic E-state index is 0.483. The molecule has 8 nitrogen and oxygen atoms in total. The number of benzene rings is 2. The van der Waals surface area contributed by atoms with E-state index in [0.29, 0.717) is 42.8 Å². The monoisotopic (exact) mass is 437 g/mol. The van der Waals surface area contributed by atoms with Crippen molar-refractivity contribution >= 4 is 5.96 Å². The van der Waals surface area contributed by atoms with Gasteiger partial charge in [0.1, 0.15) is 17.2 Å². The molecule has 1 aromatic heterocycles. The van der Waals surface area contributed by atoms with E-state index < -0.39 is 0 Å². The van der Waals surface area contributed by atoms with Crippen molar-refractivity contribution in [2.24, 2.45) is 4.99 Å². The predicted octanol–water partition coefficient (Wildman–Crippen LogP) is 3.21. The molecular weight excluding hydrogens is 406 g/mol. The number of guanidine groups is 1. The number of hydrogen-bond donors (Lipinski definition) is 2. The largest absolute Gasteiger partial charge is 0.496 e. The molecule has 8 heteroatoms. The first-order chi connectivity index (χ1) is 15.7. The summed E-state index contributed by atoms with van der Waals surface area (Å²) >= 11 is 0. The normalized spacial score (nSPS) is 11.2. The smallest absolute Gasteiger partial charge is 0.191 e. The van der Waals surface area contributed by atoms with Gasteiger partial charge in [0, 0.05) is 31.1 Å². The standard InChI is InChI=1S/C24H31N5O3/c1-5-25-24(27-16-21-22(31-3)13-20(30-2)14-23(21)32-4)26-15-18-9-6-7-10-19(18)17-29-12-8-11-28-29/h6-14H,5,15-17H2,1-4H3,(H2,25,26,27). The van der Waals surface area contributed by atoms with Gasteiger partial charge in [-0.05, 0) is 24.1 Å². The van der Waals surface area contributed by atoms with Crippen LogP contribution in [0, 0.1) is 0 Å². The summed E-state index contributed by atoms with van der Waals surface area (Å²) in [6, 6.07) is 13.9. The van der Waals surface area contributed by atoms with E-state index in [1.54, 1.807) is 27.5 Å². The lowest BCUT2D eigenvalue weighted by Crippen LogP contribution is -2.37. The van der Waals surface area contributed by atoms with Crippen molar-refractivity contribution in [1.29, 1.82) is 0 Å². The van der Waals surface area contributed by atoms with Gasteiger partial charge in [-0.15, -0.1) is 0 Å². The molecule has 170 valence electrons. The SMILES string of the molecule is CCNC(=NCc1ccccc1Cn1cccn1)NCc1c(OC)cc(OC)cc1OC. The number of nitrogens with one attached hydrogen (secondary N) is 2. The molecule has 0 unspecified atom stereocenters. The van der Waals surface area contributed by atoms with Crippen molar-refractivity contribution in [1.82, 2.24) is 20.4 Å². The van der Waals surface area contributed by atoms with Gasteiger partial charge in [-0.1, -0.05) is 24.3 Å². The second kappa shape index (κ2) is 11.6. The van der Waals surface area contributed by atoms with E-state index in [-0.39, 0.29) is 0 Å². The molecule has 0 amide bonds. The van der Waals surface area contributed by atoms with Crippen molar-refractivity contribution in [3.8, 4) is 17.2 Å². The van der Waals surface area contributed by atoms with Crippen LogP contribution in [0.5, 0.6) is 17.2 Å². The van der Waals surface area contributed by atoms with E-state index in [4.69, 9.17) is 19.2 Å². The zero-order valence-corrected chi connectivity index (χ0v) is 19.1. The number of aliphatic imine (C=N–C) groups is 1. The summed E-state index contributed by atoms with van der Waals surface area (Å²) in [5.74, 6) is 2.77. The van der Waals surface area contributed by atoms with Gasteiger partial charge in [-0.25, -0.2) is 4.99 Å². The zero-order chi connectivity index (χ0) is 22.8. The highest BCUT2D eigenvalue weighted by molar-refractivity contribution is 5.80. The first-order valence-corrected chi connectivity index (χ1v) is 10.5. The van der Waals surface area contributed by atoms with Crippen LogP contribution in [0.3, 0.4) is 0 Å². The van der Waals surface area contributed by atoms with Crippen molar-refractivity contribution in [3.05, 3.63) is 71.5 Å². The van der Waals surface area contributed by atoms with Crippen LogP contribution in [0.4, 0.5) is 0 Å². The third kappa shape index (κ3) is 5.94. The first kappa shape index (κ1) is 23.0. The van der Waals surface area contributed by atoms with Gasteiger partial charge in [-0.3, -0.25) is 4.68 Å². The summed E-state index contributed by atoms with van der Waals surface area (Å²) in [5.41, 5.74) is 3.23. The Morgan fingerprint density at radius 2 is 1.69 bits per heavy atom. The minimum Gasteiger partial charge on any atom is -0.496 e. The number of methoxy groups -OCH3 is 3. The molecule has 0 radical (unpaired) electrons. The molecule has 0 fully saturated rings. The molecule has 0 saturated carbocycles. The summed E-state index contributed by atoms with van der Waals surface area (Å²) in [6.45, 7) is 4.53. The molecule has 0 bridgehead atoms. The maximum atomic E-state index is 5.55. The second-order valence-corrected chi connectivity index (χ2v) is 7.03. The topological polar surface area (TPSA) is 81.9 Å². The van der Waals surface area contributed by atoms with Crippen LogP contribution in [0.2, 0.25) is 0 Å². The number of aromatic nitrogens is 2. The Balaban J connectivity index is 1.76. The van der Waals surface area contributed by atoms with Gasteiger partial charge < -0.3 is 24.8 Å². The van der Waals surface area contributed by atoms with E-state index in [2.05, 4.69) is 27.9 Å². The Kier molecular flexibility index (Phi) is 8.36. The Hall–Kier alpha value is -3.68. The predicted molar refractivity (Wildman–Crippen MR) is 126 cm³/mol. The van der Waals surface area contributed by atoms with E-state index in [1.165, 1.54) is 5.56 Å². The lowest BCUT2D eigenvalue weighted by molar-refractivity contribution is 0.368. The van der Waals surface area contributed by atoms with Crippen LogP contribution >= 0.6 is 0 Å². The lowest BCUT2D eigenvalue weighted by Gasteiger charge is -2.17. The third-order valence-corrected chi connectivity index (χ3v) is 5.01. The molecule has 2 aromatic carbocycles. The Bertz CT molecular complexity index is 993. The van der Waals surface area contributed by atoms with Crippen LogP contribution in [0.25, 0.3) is 0 Å². The van der Waals surface area contributed by atoms with E-state index in [1.807, 2.05) is 48.1 Å². The Morgan fingerprint density at radius 3 is 2.28 bits per heavy atom. The first-order valence-electron chi connectivity index (χ1n) is 10.5. The fourth-order valence-corrected chi connectivity index (χ4v) is 3.36. The zero-order valence-electron chi connectivity index (χ0n) is 19.1. The van der Waals surface area contributed by atoms with Crippen molar-refractivity contribution in [2.75, 3.05) is 27.9 Å². The van der Waals surface area contributed by atoms with Crippen LogP contribution < -0.4 is 24.8 Å². The summed E-state index contributed by atoms with van der Waals surface area (Å²) in [4.78, 5) is 4.79. The fraction of sp³-hybridized carbons (Fsp3) is 0.333. The molecule has 0 spiro atoms. The number of rotatable bonds is 10. The maximum Gasteiger partial charge on any atom is 0.191 e.